The molecule has 0 aromatic heterocycles. The van der Waals surface area contributed by atoms with Crippen molar-refractivity contribution in [3.8, 4) is 0 Å². The number of hydrogen-bond donors (Lipinski definition) is 1. The van der Waals surface area contributed by atoms with Crippen LogP contribution in [-0.2, 0) is 6.42 Å². The highest BCUT2D eigenvalue weighted by molar-refractivity contribution is 5.45. The first-order chi connectivity index (χ1) is 10.2. The number of unbranched alkanes of at least 4 members (excludes halogenated alkanes) is 2. The van der Waals surface area contributed by atoms with Gasteiger partial charge in [0.2, 0.25) is 0 Å². The predicted octanol–water partition coefficient (Wildman–Crippen LogP) is 4.70. The summed E-state index contributed by atoms with van der Waals surface area (Å²) in [5.74, 6) is 0. The van der Waals surface area contributed by atoms with E-state index in [4.69, 9.17) is 0 Å². The molecule has 1 N–H and O–H groups in total. The summed E-state index contributed by atoms with van der Waals surface area (Å²) in [5, 5.41) is 3.71. The van der Waals surface area contributed by atoms with Crippen molar-refractivity contribution in [1.29, 1.82) is 0 Å². The molecule has 118 valence electrons. The fraction of sp³-hybridized carbons (Fsp3) is 0.684. The minimum absolute atomic E-state index is 0.644. The second-order valence-corrected chi connectivity index (χ2v) is 6.70. The summed E-state index contributed by atoms with van der Waals surface area (Å²) < 4.78 is 0. The zero-order valence-corrected chi connectivity index (χ0v) is 14.1. The molecular weight excluding hydrogens is 256 g/mol. The predicted molar refractivity (Wildman–Crippen MR) is 93.0 cm³/mol. The van der Waals surface area contributed by atoms with Gasteiger partial charge in [-0.1, -0.05) is 31.9 Å². The topological polar surface area (TPSA) is 15.3 Å². The Hall–Kier alpha value is -1.02. The summed E-state index contributed by atoms with van der Waals surface area (Å²) in [6.45, 7) is 9.31. The van der Waals surface area contributed by atoms with E-state index in [1.54, 1.807) is 0 Å². The molecule has 0 saturated carbocycles. The van der Waals surface area contributed by atoms with E-state index in [1.165, 1.54) is 62.9 Å². The van der Waals surface area contributed by atoms with Gasteiger partial charge in [0.25, 0.3) is 0 Å². The Bertz CT molecular complexity index is 389. The zero-order chi connectivity index (χ0) is 15.1. The van der Waals surface area contributed by atoms with Gasteiger partial charge in [-0.05, 0) is 57.2 Å². The van der Waals surface area contributed by atoms with Gasteiger partial charge in [0.05, 0.1) is 0 Å². The van der Waals surface area contributed by atoms with Crippen LogP contribution >= 0.6 is 0 Å². The summed E-state index contributed by atoms with van der Waals surface area (Å²) in [7, 11) is 0. The van der Waals surface area contributed by atoms with E-state index in [9.17, 15) is 0 Å². The van der Waals surface area contributed by atoms with Crippen LogP contribution in [0.3, 0.4) is 0 Å². The van der Waals surface area contributed by atoms with E-state index in [0.717, 1.165) is 0 Å². The van der Waals surface area contributed by atoms with Gasteiger partial charge in [0.1, 0.15) is 0 Å². The Morgan fingerprint density at radius 3 is 2.33 bits per heavy atom. The lowest BCUT2D eigenvalue weighted by Gasteiger charge is -2.35. The first kappa shape index (κ1) is 16.4. The standard InChI is InChI=1S/C19H32N2/c1-4-5-6-7-17-8-10-18(11-9-17)20-19-12-14-21(15-13-19)16(2)3/h8-11,16,19-20H,4-7,12-15H2,1-3H3. The summed E-state index contributed by atoms with van der Waals surface area (Å²) in [6, 6.07) is 10.4. The lowest BCUT2D eigenvalue weighted by molar-refractivity contribution is 0.177. The number of nitrogens with one attached hydrogen (secondary N) is 1. The molecule has 0 spiro atoms. The molecular formula is C19H32N2. The molecule has 1 saturated heterocycles. The number of anilines is 1. The highest BCUT2D eigenvalue weighted by Gasteiger charge is 2.20. The van der Waals surface area contributed by atoms with Crippen LogP contribution in [0.1, 0.15) is 58.4 Å². The van der Waals surface area contributed by atoms with Gasteiger partial charge < -0.3 is 10.2 Å². The van der Waals surface area contributed by atoms with Gasteiger partial charge in [0.15, 0.2) is 0 Å². The molecule has 0 atom stereocenters. The number of nitrogens with zero attached hydrogens (tertiary/aromatic N) is 1. The number of piperidine rings is 1. The summed E-state index contributed by atoms with van der Waals surface area (Å²) in [5.41, 5.74) is 2.76. The highest BCUT2D eigenvalue weighted by atomic mass is 15.2. The van der Waals surface area contributed by atoms with Gasteiger partial charge >= 0.3 is 0 Å². The fourth-order valence-corrected chi connectivity index (χ4v) is 3.14. The van der Waals surface area contributed by atoms with Gasteiger partial charge in [-0.25, -0.2) is 0 Å². The van der Waals surface area contributed by atoms with E-state index in [2.05, 4.69) is 55.3 Å². The zero-order valence-electron chi connectivity index (χ0n) is 14.1. The quantitative estimate of drug-likeness (QED) is 0.731. The van der Waals surface area contributed by atoms with Gasteiger partial charge in [0, 0.05) is 30.9 Å². The average Bonchev–Trinajstić information content (AvgIpc) is 2.50. The number of aryl methyl sites for hydroxylation is 1. The third kappa shape index (κ3) is 5.35. The van der Waals surface area contributed by atoms with Crippen molar-refractivity contribution < 1.29 is 0 Å². The Balaban J connectivity index is 1.76. The molecule has 1 aromatic carbocycles. The molecule has 1 fully saturated rings. The first-order valence-corrected chi connectivity index (χ1v) is 8.78. The van der Waals surface area contributed by atoms with E-state index in [0.29, 0.717) is 12.1 Å². The van der Waals surface area contributed by atoms with Crippen molar-refractivity contribution >= 4 is 5.69 Å². The van der Waals surface area contributed by atoms with Crippen LogP contribution in [0, 0.1) is 0 Å². The first-order valence-electron chi connectivity index (χ1n) is 8.78. The Morgan fingerprint density at radius 2 is 1.76 bits per heavy atom. The summed E-state index contributed by atoms with van der Waals surface area (Å²) >= 11 is 0. The SMILES string of the molecule is CCCCCc1ccc(NC2CCN(C(C)C)CC2)cc1. The molecule has 1 aliphatic rings. The van der Waals surface area contributed by atoms with Crippen molar-refractivity contribution in [3.05, 3.63) is 29.8 Å². The maximum Gasteiger partial charge on any atom is 0.0342 e. The maximum absolute atomic E-state index is 3.71. The molecule has 0 amide bonds. The minimum Gasteiger partial charge on any atom is -0.382 e. The van der Waals surface area contributed by atoms with Crippen molar-refractivity contribution in [2.75, 3.05) is 18.4 Å². The van der Waals surface area contributed by atoms with Crippen LogP contribution in [-0.4, -0.2) is 30.1 Å². The van der Waals surface area contributed by atoms with Crippen LogP contribution < -0.4 is 5.32 Å². The van der Waals surface area contributed by atoms with Crippen molar-refractivity contribution in [3.63, 3.8) is 0 Å². The number of benzene rings is 1. The number of hydrogen-bond acceptors (Lipinski definition) is 2. The molecule has 2 rings (SSSR count). The van der Waals surface area contributed by atoms with Crippen molar-refractivity contribution in [2.24, 2.45) is 0 Å². The molecule has 2 nitrogen and oxygen atoms in total. The number of likely N-dealkylation sites (tertiary alicyclic amines) is 1. The molecule has 1 aliphatic heterocycles. The molecule has 1 heterocycles. The van der Waals surface area contributed by atoms with Crippen molar-refractivity contribution in [2.45, 2.75) is 71.4 Å². The third-order valence-electron chi connectivity index (χ3n) is 4.65. The fourth-order valence-electron chi connectivity index (χ4n) is 3.14. The van der Waals surface area contributed by atoms with Crippen LogP contribution in [0.15, 0.2) is 24.3 Å². The van der Waals surface area contributed by atoms with Crippen LogP contribution in [0.2, 0.25) is 0 Å². The lowest BCUT2D eigenvalue weighted by Crippen LogP contribution is -2.42. The summed E-state index contributed by atoms with van der Waals surface area (Å²) in [6.07, 6.45) is 7.70. The van der Waals surface area contributed by atoms with E-state index in [-0.39, 0.29) is 0 Å². The van der Waals surface area contributed by atoms with Gasteiger partial charge in [-0.15, -0.1) is 0 Å². The second-order valence-electron chi connectivity index (χ2n) is 6.70. The Morgan fingerprint density at radius 1 is 1.10 bits per heavy atom. The molecule has 0 aliphatic carbocycles. The summed E-state index contributed by atoms with van der Waals surface area (Å²) in [4.78, 5) is 2.58. The molecule has 0 radical (unpaired) electrons. The molecule has 1 aromatic rings. The molecule has 0 unspecified atom stereocenters. The van der Waals surface area contributed by atoms with E-state index >= 15 is 0 Å². The van der Waals surface area contributed by atoms with Crippen LogP contribution in [0.4, 0.5) is 5.69 Å². The van der Waals surface area contributed by atoms with Gasteiger partial charge in [-0.3, -0.25) is 0 Å². The monoisotopic (exact) mass is 288 g/mol. The van der Waals surface area contributed by atoms with Gasteiger partial charge in [-0.2, -0.15) is 0 Å². The smallest absolute Gasteiger partial charge is 0.0342 e. The normalized spacial score (nSPS) is 17.3. The van der Waals surface area contributed by atoms with Crippen molar-refractivity contribution in [1.82, 2.24) is 4.90 Å². The molecule has 21 heavy (non-hydrogen) atoms. The molecule has 0 bridgehead atoms. The minimum atomic E-state index is 0.644. The van der Waals surface area contributed by atoms with Crippen LogP contribution in [0.25, 0.3) is 0 Å². The third-order valence-corrected chi connectivity index (χ3v) is 4.65. The largest absolute Gasteiger partial charge is 0.382 e. The second kappa shape index (κ2) is 8.43. The van der Waals surface area contributed by atoms with Crippen LogP contribution in [0.5, 0.6) is 0 Å². The average molecular weight is 288 g/mol. The lowest BCUT2D eigenvalue weighted by atomic mass is 10.0. The number of rotatable bonds is 7. The van der Waals surface area contributed by atoms with E-state index < -0.39 is 0 Å². The Kier molecular flexibility index (Phi) is 6.56. The maximum atomic E-state index is 3.71. The van der Waals surface area contributed by atoms with E-state index in [1.807, 2.05) is 0 Å². The highest BCUT2D eigenvalue weighted by Crippen LogP contribution is 2.19. The molecule has 2 heteroatoms. The Labute approximate surface area is 130 Å².